The highest BCUT2D eigenvalue weighted by Gasteiger charge is 2.22. The number of hydrogen-bond donors (Lipinski definition) is 2. The lowest BCUT2D eigenvalue weighted by Gasteiger charge is -2.02. The first-order valence-electron chi connectivity index (χ1n) is 3.73. The molecule has 3 heteroatoms. The third-order valence-corrected chi connectivity index (χ3v) is 1.87. The molecule has 0 radical (unpaired) electrons. The van der Waals surface area contributed by atoms with Gasteiger partial charge in [0.1, 0.15) is 0 Å². The molecule has 1 atom stereocenters. The second-order valence-electron chi connectivity index (χ2n) is 2.64. The second kappa shape index (κ2) is 3.56. The summed E-state index contributed by atoms with van der Waals surface area (Å²) in [6.07, 6.45) is 2.53. The van der Waals surface area contributed by atoms with Gasteiger partial charge in [-0.1, -0.05) is 0 Å². The van der Waals surface area contributed by atoms with Gasteiger partial charge in [-0.3, -0.25) is 4.79 Å². The molecule has 1 amide bonds. The van der Waals surface area contributed by atoms with Crippen LogP contribution in [-0.4, -0.2) is 24.2 Å². The standard InChI is InChI=1S/C7H13NO2/c9-5-1-2-6-3-4-8-7(6)10/h6,9H,1-5H2,(H,8,10). The lowest BCUT2D eigenvalue weighted by Crippen LogP contribution is -2.19. The molecule has 10 heavy (non-hydrogen) atoms. The van der Waals surface area contributed by atoms with Crippen molar-refractivity contribution in [3.8, 4) is 0 Å². The predicted octanol–water partition coefficient (Wildman–Crippen LogP) is -0.105. The number of nitrogens with one attached hydrogen (secondary N) is 1. The summed E-state index contributed by atoms with van der Waals surface area (Å²) in [6.45, 7) is 1.01. The van der Waals surface area contributed by atoms with Gasteiger partial charge in [-0.25, -0.2) is 0 Å². The van der Waals surface area contributed by atoms with Crippen molar-refractivity contribution < 1.29 is 9.90 Å². The zero-order chi connectivity index (χ0) is 7.40. The summed E-state index contributed by atoms with van der Waals surface area (Å²) < 4.78 is 0. The third kappa shape index (κ3) is 1.70. The molecule has 1 rings (SSSR count). The van der Waals surface area contributed by atoms with Gasteiger partial charge in [0.2, 0.25) is 5.91 Å². The van der Waals surface area contributed by atoms with Crippen LogP contribution in [0.5, 0.6) is 0 Å². The van der Waals surface area contributed by atoms with Crippen molar-refractivity contribution in [1.29, 1.82) is 0 Å². The number of amides is 1. The molecule has 3 nitrogen and oxygen atoms in total. The second-order valence-corrected chi connectivity index (χ2v) is 2.64. The Morgan fingerprint density at radius 3 is 3.00 bits per heavy atom. The summed E-state index contributed by atoms with van der Waals surface area (Å²) in [6, 6.07) is 0. The fraction of sp³-hybridized carbons (Fsp3) is 0.857. The van der Waals surface area contributed by atoms with Crippen LogP contribution in [0.3, 0.4) is 0 Å². The highest BCUT2D eigenvalue weighted by molar-refractivity contribution is 5.80. The summed E-state index contributed by atoms with van der Waals surface area (Å²) in [4.78, 5) is 10.9. The van der Waals surface area contributed by atoms with E-state index in [0.29, 0.717) is 0 Å². The van der Waals surface area contributed by atoms with Gasteiger partial charge >= 0.3 is 0 Å². The average Bonchev–Trinajstić information content (AvgIpc) is 2.31. The Morgan fingerprint density at radius 1 is 1.70 bits per heavy atom. The number of aliphatic hydroxyl groups is 1. The fourth-order valence-corrected chi connectivity index (χ4v) is 1.26. The Balaban J connectivity index is 2.20. The third-order valence-electron chi connectivity index (χ3n) is 1.87. The van der Waals surface area contributed by atoms with Crippen LogP contribution >= 0.6 is 0 Å². The summed E-state index contributed by atoms with van der Waals surface area (Å²) in [7, 11) is 0. The SMILES string of the molecule is O=C1NCCC1CCCO. The molecule has 1 aliphatic heterocycles. The van der Waals surface area contributed by atoms with Crippen molar-refractivity contribution in [1.82, 2.24) is 5.32 Å². The van der Waals surface area contributed by atoms with Crippen LogP contribution in [0, 0.1) is 5.92 Å². The minimum atomic E-state index is 0.161. The van der Waals surface area contributed by atoms with Crippen LogP contribution in [0.4, 0.5) is 0 Å². The summed E-state index contributed by atoms with van der Waals surface area (Å²) in [5.74, 6) is 0.334. The van der Waals surface area contributed by atoms with Gasteiger partial charge in [-0.15, -0.1) is 0 Å². The van der Waals surface area contributed by atoms with Gasteiger partial charge in [-0.05, 0) is 19.3 Å². The largest absolute Gasteiger partial charge is 0.396 e. The summed E-state index contributed by atoms with van der Waals surface area (Å²) >= 11 is 0. The molecule has 1 aliphatic rings. The van der Waals surface area contributed by atoms with Crippen LogP contribution in [0.1, 0.15) is 19.3 Å². The van der Waals surface area contributed by atoms with E-state index in [2.05, 4.69) is 5.32 Å². The van der Waals surface area contributed by atoms with Crippen LogP contribution in [0.2, 0.25) is 0 Å². The van der Waals surface area contributed by atoms with Crippen molar-refractivity contribution >= 4 is 5.91 Å². The Morgan fingerprint density at radius 2 is 2.50 bits per heavy atom. The molecular formula is C7H13NO2. The number of carbonyl (C=O) groups excluding carboxylic acids is 1. The number of aliphatic hydroxyl groups excluding tert-OH is 1. The number of rotatable bonds is 3. The van der Waals surface area contributed by atoms with Gasteiger partial charge in [0.25, 0.3) is 0 Å². The first-order chi connectivity index (χ1) is 4.84. The van der Waals surface area contributed by atoms with E-state index in [-0.39, 0.29) is 18.4 Å². The maximum absolute atomic E-state index is 10.9. The molecule has 0 spiro atoms. The monoisotopic (exact) mass is 143 g/mol. The zero-order valence-electron chi connectivity index (χ0n) is 5.97. The smallest absolute Gasteiger partial charge is 0.223 e. The average molecular weight is 143 g/mol. The Hall–Kier alpha value is -0.570. The van der Waals surface area contributed by atoms with Crippen molar-refractivity contribution in [3.63, 3.8) is 0 Å². The van der Waals surface area contributed by atoms with Crippen molar-refractivity contribution in [3.05, 3.63) is 0 Å². The van der Waals surface area contributed by atoms with Crippen molar-refractivity contribution in [2.45, 2.75) is 19.3 Å². The molecule has 1 unspecified atom stereocenters. The molecule has 1 heterocycles. The van der Waals surface area contributed by atoms with E-state index in [0.717, 1.165) is 25.8 Å². The van der Waals surface area contributed by atoms with Gasteiger partial charge < -0.3 is 10.4 Å². The fourth-order valence-electron chi connectivity index (χ4n) is 1.26. The number of hydrogen-bond acceptors (Lipinski definition) is 2. The highest BCUT2D eigenvalue weighted by Crippen LogP contribution is 2.14. The Bertz CT molecular complexity index is 125. The molecular weight excluding hydrogens is 130 g/mol. The maximum Gasteiger partial charge on any atom is 0.223 e. The quantitative estimate of drug-likeness (QED) is 0.579. The molecule has 0 aromatic heterocycles. The predicted molar refractivity (Wildman–Crippen MR) is 37.4 cm³/mol. The molecule has 0 aliphatic carbocycles. The molecule has 1 fully saturated rings. The first kappa shape index (κ1) is 7.54. The molecule has 0 aromatic rings. The van der Waals surface area contributed by atoms with E-state index in [9.17, 15) is 4.79 Å². The maximum atomic E-state index is 10.9. The molecule has 0 saturated carbocycles. The topological polar surface area (TPSA) is 49.3 Å². The molecule has 2 N–H and O–H groups in total. The Kier molecular flexibility index (Phi) is 2.68. The zero-order valence-corrected chi connectivity index (χ0v) is 5.97. The van der Waals surface area contributed by atoms with E-state index < -0.39 is 0 Å². The van der Waals surface area contributed by atoms with Gasteiger partial charge in [0.15, 0.2) is 0 Å². The number of carbonyl (C=O) groups is 1. The molecule has 1 saturated heterocycles. The van der Waals surface area contributed by atoms with Gasteiger partial charge in [0.05, 0.1) is 0 Å². The van der Waals surface area contributed by atoms with E-state index in [1.165, 1.54) is 0 Å². The van der Waals surface area contributed by atoms with Crippen molar-refractivity contribution in [2.75, 3.05) is 13.2 Å². The van der Waals surface area contributed by atoms with E-state index in [1.54, 1.807) is 0 Å². The molecule has 0 bridgehead atoms. The summed E-state index contributed by atoms with van der Waals surface area (Å²) in [5.41, 5.74) is 0. The lowest BCUT2D eigenvalue weighted by atomic mass is 10.0. The van der Waals surface area contributed by atoms with Crippen LogP contribution in [0.15, 0.2) is 0 Å². The van der Waals surface area contributed by atoms with Gasteiger partial charge in [-0.2, -0.15) is 0 Å². The lowest BCUT2D eigenvalue weighted by molar-refractivity contribution is -0.122. The summed E-state index contributed by atoms with van der Waals surface area (Å²) in [5, 5.41) is 11.2. The van der Waals surface area contributed by atoms with Gasteiger partial charge in [0, 0.05) is 19.1 Å². The minimum absolute atomic E-state index is 0.161. The Labute approximate surface area is 60.4 Å². The highest BCUT2D eigenvalue weighted by atomic mass is 16.3. The minimum Gasteiger partial charge on any atom is -0.396 e. The van der Waals surface area contributed by atoms with E-state index in [4.69, 9.17) is 5.11 Å². The first-order valence-corrected chi connectivity index (χ1v) is 3.73. The molecule has 0 aromatic carbocycles. The molecule has 58 valence electrons. The van der Waals surface area contributed by atoms with Crippen LogP contribution < -0.4 is 5.32 Å². The normalized spacial score (nSPS) is 24.9. The van der Waals surface area contributed by atoms with Crippen LogP contribution in [0.25, 0.3) is 0 Å². The van der Waals surface area contributed by atoms with Crippen molar-refractivity contribution in [2.24, 2.45) is 5.92 Å². The van der Waals surface area contributed by atoms with Crippen LogP contribution in [-0.2, 0) is 4.79 Å². The van der Waals surface area contributed by atoms with E-state index in [1.807, 2.05) is 0 Å². The van der Waals surface area contributed by atoms with E-state index >= 15 is 0 Å².